The second-order valence-corrected chi connectivity index (χ2v) is 5.52. The van der Waals surface area contributed by atoms with Crippen LogP contribution in [0.2, 0.25) is 5.02 Å². The van der Waals surface area contributed by atoms with Crippen LogP contribution < -0.4 is 4.72 Å². The van der Waals surface area contributed by atoms with Gasteiger partial charge < -0.3 is 5.11 Å². The van der Waals surface area contributed by atoms with Gasteiger partial charge in [0.25, 0.3) is 0 Å². The van der Waals surface area contributed by atoms with Crippen LogP contribution >= 0.6 is 11.6 Å². The molecule has 2 N–H and O–H groups in total. The Kier molecular flexibility index (Phi) is 4.83. The van der Waals surface area contributed by atoms with Crippen molar-refractivity contribution in [2.45, 2.75) is 11.3 Å². The average Bonchev–Trinajstić information content (AvgIpc) is 2.32. The molecule has 0 saturated heterocycles. The van der Waals surface area contributed by atoms with Crippen LogP contribution in [0.4, 0.5) is 4.39 Å². The van der Waals surface area contributed by atoms with Gasteiger partial charge in [0.2, 0.25) is 10.0 Å². The first-order valence-corrected chi connectivity index (χ1v) is 6.74. The maximum absolute atomic E-state index is 13.4. The van der Waals surface area contributed by atoms with Crippen molar-refractivity contribution in [2.75, 3.05) is 6.54 Å². The average molecular weight is 307 g/mol. The van der Waals surface area contributed by atoms with Crippen LogP contribution in [0, 0.1) is 17.1 Å². The number of aromatic carboxylic acids is 1. The molecule has 19 heavy (non-hydrogen) atoms. The standard InChI is InChI=1S/C10H8ClFN2O4S/c11-9-7(10(15)16)4-6(5-8(9)12)19(17,18)14-3-1-2-13/h4-5,14H,1,3H2,(H,15,16). The zero-order valence-corrected chi connectivity index (χ0v) is 10.9. The summed E-state index contributed by atoms with van der Waals surface area (Å²) >= 11 is 5.42. The Bertz CT molecular complexity index is 654. The van der Waals surface area contributed by atoms with Gasteiger partial charge in [-0.25, -0.2) is 22.3 Å². The molecule has 0 heterocycles. The second-order valence-electron chi connectivity index (χ2n) is 3.38. The Labute approximate surface area is 113 Å². The lowest BCUT2D eigenvalue weighted by molar-refractivity contribution is 0.0696. The quantitative estimate of drug-likeness (QED) is 0.799. The highest BCUT2D eigenvalue weighted by atomic mass is 35.5. The van der Waals surface area contributed by atoms with Crippen molar-refractivity contribution < 1.29 is 22.7 Å². The largest absolute Gasteiger partial charge is 0.478 e. The van der Waals surface area contributed by atoms with Crippen LogP contribution in [0.15, 0.2) is 17.0 Å². The maximum Gasteiger partial charge on any atom is 0.337 e. The van der Waals surface area contributed by atoms with E-state index in [1.807, 2.05) is 4.72 Å². The molecule has 0 atom stereocenters. The monoisotopic (exact) mass is 306 g/mol. The van der Waals surface area contributed by atoms with Crippen molar-refractivity contribution in [3.8, 4) is 6.07 Å². The lowest BCUT2D eigenvalue weighted by atomic mass is 10.2. The van der Waals surface area contributed by atoms with E-state index in [-0.39, 0.29) is 13.0 Å². The molecule has 0 radical (unpaired) electrons. The molecule has 0 spiro atoms. The van der Waals surface area contributed by atoms with Gasteiger partial charge >= 0.3 is 5.97 Å². The number of carboxylic acids is 1. The van der Waals surface area contributed by atoms with Gasteiger partial charge in [0.05, 0.1) is 21.6 Å². The first kappa shape index (κ1) is 15.4. The number of rotatable bonds is 5. The molecule has 0 unspecified atom stereocenters. The van der Waals surface area contributed by atoms with Gasteiger partial charge in [0.15, 0.2) is 0 Å². The fraction of sp³-hybridized carbons (Fsp3) is 0.200. The third-order valence-electron chi connectivity index (χ3n) is 2.07. The molecule has 0 aliphatic rings. The summed E-state index contributed by atoms with van der Waals surface area (Å²) in [5.74, 6) is -2.69. The van der Waals surface area contributed by atoms with E-state index in [0.29, 0.717) is 6.07 Å². The summed E-state index contributed by atoms with van der Waals surface area (Å²) in [6, 6.07) is 3.09. The topological polar surface area (TPSA) is 107 Å². The van der Waals surface area contributed by atoms with Crippen molar-refractivity contribution in [1.29, 1.82) is 5.26 Å². The molecule has 1 rings (SSSR count). The Balaban J connectivity index is 3.22. The number of sulfonamides is 1. The molecular weight excluding hydrogens is 299 g/mol. The van der Waals surface area contributed by atoms with Gasteiger partial charge in [-0.1, -0.05) is 11.6 Å². The van der Waals surface area contributed by atoms with E-state index in [4.69, 9.17) is 22.0 Å². The van der Waals surface area contributed by atoms with E-state index in [9.17, 15) is 17.6 Å². The maximum atomic E-state index is 13.4. The smallest absolute Gasteiger partial charge is 0.337 e. The third kappa shape index (κ3) is 3.64. The van der Waals surface area contributed by atoms with Crippen LogP contribution in [-0.4, -0.2) is 26.0 Å². The summed E-state index contributed by atoms with van der Waals surface area (Å²) < 4.78 is 38.9. The number of carbonyl (C=O) groups is 1. The van der Waals surface area contributed by atoms with E-state index in [1.165, 1.54) is 0 Å². The summed E-state index contributed by atoms with van der Waals surface area (Å²) in [6.07, 6.45) is -0.0684. The Morgan fingerprint density at radius 1 is 1.53 bits per heavy atom. The second kappa shape index (κ2) is 5.97. The summed E-state index contributed by atoms with van der Waals surface area (Å²) in [5.41, 5.74) is -0.651. The molecule has 9 heteroatoms. The lowest BCUT2D eigenvalue weighted by Gasteiger charge is -2.07. The highest BCUT2D eigenvalue weighted by molar-refractivity contribution is 7.89. The zero-order chi connectivity index (χ0) is 14.6. The highest BCUT2D eigenvalue weighted by Crippen LogP contribution is 2.24. The number of hydrogen-bond donors (Lipinski definition) is 2. The van der Waals surface area contributed by atoms with Crippen molar-refractivity contribution in [3.05, 3.63) is 28.5 Å². The van der Waals surface area contributed by atoms with Crippen LogP contribution in [0.5, 0.6) is 0 Å². The van der Waals surface area contributed by atoms with Crippen molar-refractivity contribution in [1.82, 2.24) is 4.72 Å². The van der Waals surface area contributed by atoms with Gasteiger partial charge in [0.1, 0.15) is 5.82 Å². The molecular formula is C10H8ClFN2O4S. The van der Waals surface area contributed by atoms with Gasteiger partial charge in [-0.2, -0.15) is 5.26 Å². The Hall–Kier alpha value is -1.69. The Morgan fingerprint density at radius 3 is 2.68 bits per heavy atom. The number of nitriles is 1. The van der Waals surface area contributed by atoms with Crippen LogP contribution in [0.1, 0.15) is 16.8 Å². The van der Waals surface area contributed by atoms with Crippen molar-refractivity contribution in [3.63, 3.8) is 0 Å². The molecule has 0 aliphatic carbocycles. The summed E-state index contributed by atoms with van der Waals surface area (Å²) in [7, 11) is -4.09. The van der Waals surface area contributed by atoms with E-state index >= 15 is 0 Å². The molecule has 0 bridgehead atoms. The van der Waals surface area contributed by atoms with Crippen molar-refractivity contribution in [2.24, 2.45) is 0 Å². The summed E-state index contributed by atoms with van der Waals surface area (Å²) in [4.78, 5) is 10.2. The van der Waals surface area contributed by atoms with Gasteiger partial charge in [-0.15, -0.1) is 0 Å². The molecule has 102 valence electrons. The molecule has 1 aromatic carbocycles. The normalized spacial score (nSPS) is 11.0. The first-order valence-electron chi connectivity index (χ1n) is 4.88. The molecule has 0 saturated carbocycles. The highest BCUT2D eigenvalue weighted by Gasteiger charge is 2.21. The fourth-order valence-electron chi connectivity index (χ4n) is 1.20. The Morgan fingerprint density at radius 2 is 2.16 bits per heavy atom. The number of hydrogen-bond acceptors (Lipinski definition) is 4. The zero-order valence-electron chi connectivity index (χ0n) is 9.35. The molecule has 6 nitrogen and oxygen atoms in total. The van der Waals surface area contributed by atoms with Crippen LogP contribution in [-0.2, 0) is 10.0 Å². The molecule has 1 aromatic rings. The first-order chi connectivity index (χ1) is 8.79. The van der Waals surface area contributed by atoms with Gasteiger partial charge in [0, 0.05) is 13.0 Å². The van der Waals surface area contributed by atoms with E-state index < -0.39 is 37.3 Å². The number of nitrogens with one attached hydrogen (secondary N) is 1. The minimum Gasteiger partial charge on any atom is -0.478 e. The van der Waals surface area contributed by atoms with Crippen LogP contribution in [0.3, 0.4) is 0 Å². The third-order valence-corrected chi connectivity index (χ3v) is 3.90. The number of halogens is 2. The van der Waals surface area contributed by atoms with Crippen molar-refractivity contribution >= 4 is 27.6 Å². The molecule has 0 fully saturated rings. The predicted molar refractivity (Wildman–Crippen MR) is 63.8 cm³/mol. The minimum atomic E-state index is -4.09. The summed E-state index contributed by atoms with van der Waals surface area (Å²) in [6.45, 7) is -0.161. The SMILES string of the molecule is N#CCCNS(=O)(=O)c1cc(F)c(Cl)c(C(=O)O)c1. The van der Waals surface area contributed by atoms with E-state index in [2.05, 4.69) is 0 Å². The predicted octanol–water partition coefficient (Wildman–Crippen LogP) is 1.37. The van der Waals surface area contributed by atoms with E-state index in [1.54, 1.807) is 6.07 Å². The van der Waals surface area contributed by atoms with Gasteiger partial charge in [-0.3, -0.25) is 0 Å². The molecule has 0 amide bonds. The number of carboxylic acid groups (broad SMARTS) is 1. The molecule has 0 aliphatic heterocycles. The van der Waals surface area contributed by atoms with Gasteiger partial charge in [-0.05, 0) is 12.1 Å². The molecule has 0 aromatic heterocycles. The number of nitrogens with zero attached hydrogens (tertiary/aromatic N) is 1. The minimum absolute atomic E-state index is 0.0684. The lowest BCUT2D eigenvalue weighted by Crippen LogP contribution is -2.25. The number of benzene rings is 1. The fourth-order valence-corrected chi connectivity index (χ4v) is 2.46. The summed E-state index contributed by atoms with van der Waals surface area (Å²) in [5, 5.41) is 16.4. The van der Waals surface area contributed by atoms with Crippen LogP contribution in [0.25, 0.3) is 0 Å². The van der Waals surface area contributed by atoms with E-state index in [0.717, 1.165) is 6.07 Å².